The molecule has 2 N–H and O–H groups in total. The number of hydrogen-bond acceptors (Lipinski definition) is 6. The van der Waals surface area contributed by atoms with E-state index in [4.69, 9.17) is 4.74 Å². The lowest BCUT2D eigenvalue weighted by Crippen LogP contribution is -1.93. The molecule has 0 aliphatic rings. The van der Waals surface area contributed by atoms with Gasteiger partial charge in [0.15, 0.2) is 29.0 Å². The molecule has 0 spiro atoms. The summed E-state index contributed by atoms with van der Waals surface area (Å²) >= 11 is 0. The summed E-state index contributed by atoms with van der Waals surface area (Å²) in [5.41, 5.74) is 0.486. The van der Waals surface area contributed by atoms with E-state index in [0.29, 0.717) is 35.4 Å². The van der Waals surface area contributed by atoms with E-state index in [2.05, 4.69) is 25.1 Å². The Bertz CT molecular complexity index is 742. The quantitative estimate of drug-likeness (QED) is 0.760. The standard InChI is InChI=1S/C14H13N5O2/c1-2-21-10-6-3-5-9(11(10)20)12-17-14(19-18-12)13-15-7-4-8-16-13/h3-8,20H,2H2,1H3,(H,17,18,19). The van der Waals surface area contributed by atoms with E-state index in [-0.39, 0.29) is 5.75 Å². The van der Waals surface area contributed by atoms with Crippen LogP contribution >= 0.6 is 0 Å². The van der Waals surface area contributed by atoms with Crippen LogP contribution in [0.1, 0.15) is 6.92 Å². The minimum absolute atomic E-state index is 0.0129. The predicted molar refractivity (Wildman–Crippen MR) is 75.7 cm³/mol. The summed E-state index contributed by atoms with van der Waals surface area (Å²) in [6.07, 6.45) is 3.25. The molecular formula is C14H13N5O2. The van der Waals surface area contributed by atoms with E-state index < -0.39 is 0 Å². The number of nitrogens with one attached hydrogen (secondary N) is 1. The van der Waals surface area contributed by atoms with Gasteiger partial charge in [0.1, 0.15) is 0 Å². The van der Waals surface area contributed by atoms with Crippen molar-refractivity contribution in [1.82, 2.24) is 25.1 Å². The van der Waals surface area contributed by atoms with Crippen molar-refractivity contribution in [2.45, 2.75) is 6.92 Å². The zero-order valence-corrected chi connectivity index (χ0v) is 11.3. The van der Waals surface area contributed by atoms with Crippen molar-refractivity contribution in [2.75, 3.05) is 6.61 Å². The molecule has 0 aliphatic heterocycles. The van der Waals surface area contributed by atoms with Crippen LogP contribution in [-0.4, -0.2) is 36.9 Å². The van der Waals surface area contributed by atoms with Gasteiger partial charge in [0.05, 0.1) is 12.2 Å². The Morgan fingerprint density at radius 1 is 1.14 bits per heavy atom. The van der Waals surface area contributed by atoms with Gasteiger partial charge in [-0.2, -0.15) is 5.10 Å². The van der Waals surface area contributed by atoms with Crippen molar-refractivity contribution >= 4 is 0 Å². The summed E-state index contributed by atoms with van der Waals surface area (Å²) in [5, 5.41) is 17.1. The number of hydrogen-bond donors (Lipinski definition) is 2. The number of ether oxygens (including phenoxy) is 1. The number of aromatic amines is 1. The molecule has 106 valence electrons. The third-order valence-corrected chi connectivity index (χ3v) is 2.80. The molecule has 7 nitrogen and oxygen atoms in total. The minimum Gasteiger partial charge on any atom is -0.504 e. The number of rotatable bonds is 4. The van der Waals surface area contributed by atoms with Crippen LogP contribution in [0.25, 0.3) is 23.0 Å². The molecule has 0 unspecified atom stereocenters. The molecule has 7 heteroatoms. The molecule has 21 heavy (non-hydrogen) atoms. The molecule has 0 fully saturated rings. The molecule has 0 amide bonds. The van der Waals surface area contributed by atoms with Crippen LogP contribution in [0.5, 0.6) is 11.5 Å². The fraction of sp³-hybridized carbons (Fsp3) is 0.143. The average Bonchev–Trinajstić information content (AvgIpc) is 3.00. The molecule has 0 bridgehead atoms. The molecule has 2 aromatic heterocycles. The highest BCUT2D eigenvalue weighted by atomic mass is 16.5. The number of nitrogens with zero attached hydrogens (tertiary/aromatic N) is 4. The Morgan fingerprint density at radius 2 is 1.95 bits per heavy atom. The molecule has 0 aliphatic carbocycles. The van der Waals surface area contributed by atoms with Crippen LogP contribution in [0, 0.1) is 0 Å². The van der Waals surface area contributed by atoms with E-state index in [1.54, 1.807) is 36.7 Å². The van der Waals surface area contributed by atoms with Gasteiger partial charge in [0.25, 0.3) is 0 Å². The lowest BCUT2D eigenvalue weighted by Gasteiger charge is -2.07. The van der Waals surface area contributed by atoms with E-state index in [0.717, 1.165) is 0 Å². The van der Waals surface area contributed by atoms with Gasteiger partial charge in [-0.25, -0.2) is 15.0 Å². The van der Waals surface area contributed by atoms with Crippen LogP contribution in [0.2, 0.25) is 0 Å². The molecule has 0 saturated heterocycles. The number of para-hydroxylation sites is 1. The van der Waals surface area contributed by atoms with Crippen LogP contribution in [-0.2, 0) is 0 Å². The molecule has 3 aromatic rings. The van der Waals surface area contributed by atoms with Crippen LogP contribution in [0.3, 0.4) is 0 Å². The Labute approximate surface area is 120 Å². The Morgan fingerprint density at radius 3 is 2.71 bits per heavy atom. The van der Waals surface area contributed by atoms with Crippen molar-refractivity contribution in [1.29, 1.82) is 0 Å². The monoisotopic (exact) mass is 283 g/mol. The third kappa shape index (κ3) is 2.53. The van der Waals surface area contributed by atoms with Crippen molar-refractivity contribution in [3.05, 3.63) is 36.7 Å². The minimum atomic E-state index is 0.0129. The maximum atomic E-state index is 10.2. The first-order valence-electron chi connectivity index (χ1n) is 6.44. The average molecular weight is 283 g/mol. The summed E-state index contributed by atoms with van der Waals surface area (Å²) in [6.45, 7) is 2.32. The molecule has 2 heterocycles. The maximum Gasteiger partial charge on any atom is 0.197 e. The van der Waals surface area contributed by atoms with Gasteiger partial charge in [-0.1, -0.05) is 6.07 Å². The van der Waals surface area contributed by atoms with Gasteiger partial charge in [0.2, 0.25) is 0 Å². The molecule has 0 saturated carbocycles. The summed E-state index contributed by atoms with van der Waals surface area (Å²) < 4.78 is 5.35. The van der Waals surface area contributed by atoms with Gasteiger partial charge in [-0.05, 0) is 25.1 Å². The zero-order chi connectivity index (χ0) is 14.7. The summed E-state index contributed by atoms with van der Waals surface area (Å²) in [7, 11) is 0. The third-order valence-electron chi connectivity index (χ3n) is 2.80. The van der Waals surface area contributed by atoms with Gasteiger partial charge in [-0.15, -0.1) is 0 Å². The highest BCUT2D eigenvalue weighted by Gasteiger charge is 2.15. The molecule has 3 rings (SSSR count). The predicted octanol–water partition coefficient (Wildman–Crippen LogP) is 2.03. The number of aromatic hydroxyl groups is 1. The van der Waals surface area contributed by atoms with Crippen molar-refractivity contribution in [2.24, 2.45) is 0 Å². The van der Waals surface area contributed by atoms with Crippen molar-refractivity contribution in [3.63, 3.8) is 0 Å². The number of benzene rings is 1. The molecular weight excluding hydrogens is 270 g/mol. The fourth-order valence-electron chi connectivity index (χ4n) is 1.88. The van der Waals surface area contributed by atoms with Crippen LogP contribution in [0.15, 0.2) is 36.7 Å². The normalized spacial score (nSPS) is 10.5. The Kier molecular flexibility index (Phi) is 3.46. The first-order valence-corrected chi connectivity index (χ1v) is 6.44. The topological polar surface area (TPSA) is 96.8 Å². The summed E-state index contributed by atoms with van der Waals surface area (Å²) in [6, 6.07) is 6.90. The number of phenols is 1. The summed E-state index contributed by atoms with van der Waals surface area (Å²) in [5.74, 6) is 1.65. The molecule has 0 atom stereocenters. The molecule has 0 radical (unpaired) electrons. The Balaban J connectivity index is 1.99. The van der Waals surface area contributed by atoms with Crippen LogP contribution < -0.4 is 4.74 Å². The second-order valence-corrected chi connectivity index (χ2v) is 4.17. The lowest BCUT2D eigenvalue weighted by molar-refractivity contribution is 0.318. The summed E-state index contributed by atoms with van der Waals surface area (Å²) in [4.78, 5) is 12.5. The largest absolute Gasteiger partial charge is 0.504 e. The fourth-order valence-corrected chi connectivity index (χ4v) is 1.88. The first kappa shape index (κ1) is 13.0. The highest BCUT2D eigenvalue weighted by molar-refractivity contribution is 5.68. The van der Waals surface area contributed by atoms with Crippen molar-refractivity contribution in [3.8, 4) is 34.5 Å². The number of H-pyrrole nitrogens is 1. The van der Waals surface area contributed by atoms with Gasteiger partial charge in [-0.3, -0.25) is 5.10 Å². The smallest absolute Gasteiger partial charge is 0.197 e. The van der Waals surface area contributed by atoms with E-state index in [9.17, 15) is 5.11 Å². The zero-order valence-electron chi connectivity index (χ0n) is 11.3. The van der Waals surface area contributed by atoms with Gasteiger partial charge < -0.3 is 9.84 Å². The lowest BCUT2D eigenvalue weighted by atomic mass is 10.2. The molecule has 1 aromatic carbocycles. The van der Waals surface area contributed by atoms with E-state index >= 15 is 0 Å². The van der Waals surface area contributed by atoms with E-state index in [1.807, 2.05) is 6.92 Å². The highest BCUT2D eigenvalue weighted by Crippen LogP contribution is 2.35. The van der Waals surface area contributed by atoms with E-state index in [1.165, 1.54) is 0 Å². The Hall–Kier alpha value is -2.96. The van der Waals surface area contributed by atoms with Gasteiger partial charge >= 0.3 is 0 Å². The second-order valence-electron chi connectivity index (χ2n) is 4.17. The van der Waals surface area contributed by atoms with Gasteiger partial charge in [0, 0.05) is 12.4 Å². The SMILES string of the molecule is CCOc1cccc(-c2n[nH]c(-c3ncccn3)n2)c1O. The number of aromatic nitrogens is 5. The van der Waals surface area contributed by atoms with Crippen molar-refractivity contribution < 1.29 is 9.84 Å². The van der Waals surface area contributed by atoms with Crippen LogP contribution in [0.4, 0.5) is 0 Å². The maximum absolute atomic E-state index is 10.2. The second kappa shape index (κ2) is 5.58. The first-order chi connectivity index (χ1) is 10.3. The number of phenolic OH excluding ortho intramolecular Hbond substituents is 1.